The van der Waals surface area contributed by atoms with E-state index in [-0.39, 0.29) is 5.91 Å². The smallest absolute Gasteiger partial charge is 0.340 e. The van der Waals surface area contributed by atoms with E-state index >= 15 is 0 Å². The summed E-state index contributed by atoms with van der Waals surface area (Å²) in [5.41, 5.74) is 1.59. The first-order chi connectivity index (χ1) is 13.0. The predicted molar refractivity (Wildman–Crippen MR) is 107 cm³/mol. The molecule has 0 aliphatic carbocycles. The number of nitrogens with zero attached hydrogens (tertiary/aromatic N) is 2. The second-order valence-corrected chi connectivity index (χ2v) is 7.74. The van der Waals surface area contributed by atoms with Gasteiger partial charge in [-0.1, -0.05) is 23.7 Å². The number of amides is 1. The van der Waals surface area contributed by atoms with Crippen molar-refractivity contribution in [2.24, 2.45) is 0 Å². The van der Waals surface area contributed by atoms with Gasteiger partial charge in [-0.3, -0.25) is 14.6 Å². The van der Waals surface area contributed by atoms with E-state index in [9.17, 15) is 9.59 Å². The van der Waals surface area contributed by atoms with Gasteiger partial charge in [-0.25, -0.2) is 4.79 Å². The molecule has 3 rings (SSSR count). The molecule has 1 aromatic carbocycles. The number of piperazine rings is 1. The summed E-state index contributed by atoms with van der Waals surface area (Å²) in [7, 11) is 1.33. The molecule has 1 aliphatic rings. The van der Waals surface area contributed by atoms with Crippen LogP contribution in [0.4, 0.5) is 5.00 Å². The van der Waals surface area contributed by atoms with Crippen molar-refractivity contribution in [1.82, 2.24) is 9.80 Å². The summed E-state index contributed by atoms with van der Waals surface area (Å²) in [6.07, 6.45) is 0. The number of hydrogen-bond acceptors (Lipinski definition) is 6. The van der Waals surface area contributed by atoms with E-state index in [1.54, 1.807) is 11.4 Å². The summed E-state index contributed by atoms with van der Waals surface area (Å²) < 4.78 is 4.73. The van der Waals surface area contributed by atoms with Gasteiger partial charge in [0.25, 0.3) is 0 Å². The van der Waals surface area contributed by atoms with Gasteiger partial charge in [-0.2, -0.15) is 0 Å². The van der Waals surface area contributed by atoms with E-state index in [0.717, 1.165) is 37.7 Å². The molecule has 27 heavy (non-hydrogen) atoms. The highest BCUT2D eigenvalue weighted by molar-refractivity contribution is 7.14. The average Bonchev–Trinajstić information content (AvgIpc) is 3.10. The average molecular weight is 408 g/mol. The quantitative estimate of drug-likeness (QED) is 0.746. The van der Waals surface area contributed by atoms with Gasteiger partial charge in [-0.05, 0) is 29.1 Å². The minimum absolute atomic E-state index is 0.120. The zero-order valence-corrected chi connectivity index (χ0v) is 16.7. The molecule has 8 heteroatoms. The molecule has 6 nitrogen and oxygen atoms in total. The van der Waals surface area contributed by atoms with Gasteiger partial charge in [0.05, 0.1) is 19.2 Å². The van der Waals surface area contributed by atoms with Gasteiger partial charge < -0.3 is 10.1 Å². The van der Waals surface area contributed by atoms with Crippen molar-refractivity contribution < 1.29 is 14.3 Å². The van der Waals surface area contributed by atoms with Crippen molar-refractivity contribution in [3.63, 3.8) is 0 Å². The number of methoxy groups -OCH3 is 1. The Morgan fingerprint density at radius 2 is 1.93 bits per heavy atom. The number of ether oxygens (including phenoxy) is 1. The second-order valence-electron chi connectivity index (χ2n) is 6.39. The van der Waals surface area contributed by atoms with Crippen LogP contribution in [0.1, 0.15) is 15.9 Å². The number of halogens is 1. The van der Waals surface area contributed by atoms with E-state index in [1.165, 1.54) is 24.0 Å². The Kier molecular flexibility index (Phi) is 6.84. The molecule has 1 amide bonds. The van der Waals surface area contributed by atoms with Crippen molar-refractivity contribution in [3.05, 3.63) is 51.9 Å². The maximum Gasteiger partial charge on any atom is 0.340 e. The van der Waals surface area contributed by atoms with Gasteiger partial charge in [0.1, 0.15) is 5.00 Å². The first-order valence-electron chi connectivity index (χ1n) is 8.70. The number of esters is 1. The van der Waals surface area contributed by atoms with Crippen LogP contribution in [0.3, 0.4) is 0 Å². The lowest BCUT2D eigenvalue weighted by Gasteiger charge is -2.34. The number of anilines is 1. The van der Waals surface area contributed by atoms with E-state index in [1.807, 2.05) is 18.2 Å². The highest BCUT2D eigenvalue weighted by Gasteiger charge is 2.21. The zero-order chi connectivity index (χ0) is 19.2. The molecule has 1 aromatic heterocycles. The molecule has 1 N–H and O–H groups in total. The van der Waals surface area contributed by atoms with Crippen molar-refractivity contribution in [3.8, 4) is 0 Å². The Morgan fingerprint density at radius 1 is 1.19 bits per heavy atom. The molecular formula is C19H22ClN3O3S. The van der Waals surface area contributed by atoms with Crippen LogP contribution in [-0.4, -0.2) is 61.5 Å². The molecule has 1 saturated heterocycles. The Labute approximate surface area is 167 Å². The lowest BCUT2D eigenvalue weighted by molar-refractivity contribution is -0.117. The fourth-order valence-electron chi connectivity index (χ4n) is 3.05. The van der Waals surface area contributed by atoms with Crippen LogP contribution < -0.4 is 5.32 Å². The van der Waals surface area contributed by atoms with Gasteiger partial charge in [0, 0.05) is 37.7 Å². The molecule has 0 unspecified atom stereocenters. The molecule has 1 fully saturated rings. The highest BCUT2D eigenvalue weighted by Crippen LogP contribution is 2.24. The Bertz CT molecular complexity index is 803. The molecule has 2 aromatic rings. The van der Waals surface area contributed by atoms with Crippen molar-refractivity contribution in [2.75, 3.05) is 45.2 Å². The zero-order valence-electron chi connectivity index (χ0n) is 15.1. The predicted octanol–water partition coefficient (Wildman–Crippen LogP) is 2.94. The lowest BCUT2D eigenvalue weighted by Crippen LogP contribution is -2.48. The molecule has 0 spiro atoms. The Hall–Kier alpha value is -1.93. The van der Waals surface area contributed by atoms with Crippen molar-refractivity contribution in [2.45, 2.75) is 6.54 Å². The first-order valence-corrected chi connectivity index (χ1v) is 9.95. The molecule has 0 saturated carbocycles. The third-order valence-corrected chi connectivity index (χ3v) is 5.52. The monoisotopic (exact) mass is 407 g/mol. The Morgan fingerprint density at radius 3 is 2.63 bits per heavy atom. The van der Waals surface area contributed by atoms with Crippen LogP contribution in [0.2, 0.25) is 5.02 Å². The summed E-state index contributed by atoms with van der Waals surface area (Å²) in [6, 6.07) is 9.56. The molecule has 1 aliphatic heterocycles. The van der Waals surface area contributed by atoms with Gasteiger partial charge >= 0.3 is 5.97 Å². The number of nitrogens with one attached hydrogen (secondary N) is 1. The minimum Gasteiger partial charge on any atom is -0.465 e. The van der Waals surface area contributed by atoms with Crippen LogP contribution >= 0.6 is 22.9 Å². The standard InChI is InChI=1S/C19H22ClN3O3S/c1-26-19(25)16-5-10-27-18(16)21-17(24)13-23-8-6-22(7-9-23)12-14-3-2-4-15(20)11-14/h2-5,10-11H,6-9,12-13H2,1H3,(H,21,24). The number of rotatable bonds is 6. The van der Waals surface area contributed by atoms with Gasteiger partial charge in [0.2, 0.25) is 5.91 Å². The van der Waals surface area contributed by atoms with Gasteiger partial charge in [-0.15, -0.1) is 11.3 Å². The number of benzene rings is 1. The van der Waals surface area contributed by atoms with Crippen LogP contribution in [0.15, 0.2) is 35.7 Å². The molecule has 0 atom stereocenters. The highest BCUT2D eigenvalue weighted by atomic mass is 35.5. The summed E-state index contributed by atoms with van der Waals surface area (Å²) in [6.45, 7) is 4.60. The van der Waals surface area contributed by atoms with E-state index < -0.39 is 5.97 Å². The summed E-state index contributed by atoms with van der Waals surface area (Å²) in [5.74, 6) is -0.563. The van der Waals surface area contributed by atoms with Gasteiger partial charge in [0.15, 0.2) is 0 Å². The van der Waals surface area contributed by atoms with E-state index in [2.05, 4.69) is 21.2 Å². The van der Waals surface area contributed by atoms with E-state index in [0.29, 0.717) is 17.1 Å². The number of carbonyl (C=O) groups is 2. The fraction of sp³-hybridized carbons (Fsp3) is 0.368. The minimum atomic E-state index is -0.443. The summed E-state index contributed by atoms with van der Waals surface area (Å²) in [5, 5.41) is 5.87. The fourth-order valence-corrected chi connectivity index (χ4v) is 4.05. The topological polar surface area (TPSA) is 61.9 Å². The van der Waals surface area contributed by atoms with Crippen molar-refractivity contribution in [1.29, 1.82) is 0 Å². The molecule has 2 heterocycles. The molecule has 0 radical (unpaired) electrons. The third-order valence-electron chi connectivity index (χ3n) is 4.45. The van der Waals surface area contributed by atoms with E-state index in [4.69, 9.17) is 16.3 Å². The molecule has 144 valence electrons. The SMILES string of the molecule is COC(=O)c1ccsc1NC(=O)CN1CCN(Cc2cccc(Cl)c2)CC1. The second kappa shape index (κ2) is 9.32. The first kappa shape index (κ1) is 19.8. The van der Waals surface area contributed by atoms with Crippen LogP contribution in [0, 0.1) is 0 Å². The Balaban J connectivity index is 1.46. The molecule has 0 bridgehead atoms. The molecular weight excluding hydrogens is 386 g/mol. The maximum atomic E-state index is 12.3. The number of carbonyl (C=O) groups excluding carboxylic acids is 2. The maximum absolute atomic E-state index is 12.3. The number of thiophene rings is 1. The van der Waals surface area contributed by atoms with Crippen LogP contribution in [0.5, 0.6) is 0 Å². The summed E-state index contributed by atoms with van der Waals surface area (Å²) in [4.78, 5) is 28.5. The number of hydrogen-bond donors (Lipinski definition) is 1. The lowest BCUT2D eigenvalue weighted by atomic mass is 10.2. The largest absolute Gasteiger partial charge is 0.465 e. The third kappa shape index (κ3) is 5.52. The normalized spacial score (nSPS) is 15.5. The summed E-state index contributed by atoms with van der Waals surface area (Å²) >= 11 is 7.36. The van der Waals surface area contributed by atoms with Crippen molar-refractivity contribution >= 4 is 39.8 Å². The van der Waals surface area contributed by atoms with Crippen LogP contribution in [0.25, 0.3) is 0 Å². The van der Waals surface area contributed by atoms with Crippen LogP contribution in [-0.2, 0) is 16.1 Å².